The first-order valence-electron chi connectivity index (χ1n) is 19.1. The average Bonchev–Trinajstić information content (AvgIpc) is 3.74. The molecule has 1 saturated heterocycles. The van der Waals surface area contributed by atoms with Gasteiger partial charge in [0.1, 0.15) is 12.2 Å². The number of rotatable bonds is 33. The van der Waals surface area contributed by atoms with Gasteiger partial charge < -0.3 is 19.1 Å². The van der Waals surface area contributed by atoms with Crippen molar-refractivity contribution in [3.8, 4) is 0 Å². The van der Waals surface area contributed by atoms with Crippen LogP contribution in [-0.2, 0) is 19.0 Å². The van der Waals surface area contributed by atoms with Gasteiger partial charge in [-0.2, -0.15) is 0 Å². The molecule has 4 unspecified atom stereocenters. The van der Waals surface area contributed by atoms with Crippen molar-refractivity contribution >= 4 is 5.97 Å². The molecule has 1 aliphatic rings. The summed E-state index contributed by atoms with van der Waals surface area (Å²) in [6.07, 6.45) is 32.4. The van der Waals surface area contributed by atoms with E-state index in [0.717, 1.165) is 38.8 Å². The molecule has 43 heavy (non-hydrogen) atoms. The van der Waals surface area contributed by atoms with Crippen molar-refractivity contribution < 1.29 is 19.0 Å². The molecule has 5 heteroatoms. The number of hydrogen-bond donors (Lipinski definition) is 0. The Morgan fingerprint density at radius 1 is 0.651 bits per heavy atom. The van der Waals surface area contributed by atoms with Gasteiger partial charge in [0, 0.05) is 6.42 Å². The Morgan fingerprint density at radius 3 is 1.77 bits per heavy atom. The lowest BCUT2D eigenvalue weighted by atomic mass is 9.96. The van der Waals surface area contributed by atoms with Crippen LogP contribution in [0, 0.1) is 5.92 Å². The van der Waals surface area contributed by atoms with Crippen molar-refractivity contribution in [3.63, 3.8) is 0 Å². The molecule has 0 aromatic carbocycles. The minimum absolute atomic E-state index is 0.00262. The maximum Gasteiger partial charge on any atom is 0.306 e. The Morgan fingerprint density at radius 2 is 1.16 bits per heavy atom. The summed E-state index contributed by atoms with van der Waals surface area (Å²) in [6.45, 7) is 8.67. The minimum Gasteiger partial charge on any atom is -0.462 e. The number of nitrogens with zero attached hydrogens (tertiary/aromatic N) is 1. The number of ether oxygens (including phenoxy) is 3. The van der Waals surface area contributed by atoms with E-state index in [1.807, 2.05) is 0 Å². The fraction of sp³-hybridized carbons (Fsp3) is 0.974. The second-order valence-electron chi connectivity index (χ2n) is 13.9. The van der Waals surface area contributed by atoms with Crippen LogP contribution in [0.3, 0.4) is 0 Å². The van der Waals surface area contributed by atoms with Gasteiger partial charge in [-0.25, -0.2) is 0 Å². The van der Waals surface area contributed by atoms with E-state index in [-0.39, 0.29) is 18.4 Å². The highest BCUT2D eigenvalue weighted by Gasteiger charge is 2.39. The number of hydrogen-bond acceptors (Lipinski definition) is 5. The summed E-state index contributed by atoms with van der Waals surface area (Å²) in [6, 6.07) is 0. The molecule has 0 saturated carbocycles. The summed E-state index contributed by atoms with van der Waals surface area (Å²) in [7, 11) is 4.11. The smallest absolute Gasteiger partial charge is 0.306 e. The quantitative estimate of drug-likeness (QED) is 0.0421. The van der Waals surface area contributed by atoms with Crippen molar-refractivity contribution in [2.24, 2.45) is 5.92 Å². The molecule has 5 nitrogen and oxygen atoms in total. The van der Waals surface area contributed by atoms with E-state index in [0.29, 0.717) is 18.4 Å². The van der Waals surface area contributed by atoms with Crippen LogP contribution in [0.15, 0.2) is 0 Å². The van der Waals surface area contributed by atoms with E-state index < -0.39 is 0 Å². The van der Waals surface area contributed by atoms with Crippen LogP contribution in [0.25, 0.3) is 0 Å². The lowest BCUT2D eigenvalue weighted by Crippen LogP contribution is -2.20. The number of carbonyl (C=O) groups is 1. The summed E-state index contributed by atoms with van der Waals surface area (Å²) in [5, 5.41) is 0. The largest absolute Gasteiger partial charge is 0.462 e. The highest BCUT2D eigenvalue weighted by atomic mass is 16.8. The van der Waals surface area contributed by atoms with Gasteiger partial charge in [0.15, 0.2) is 6.29 Å². The topological polar surface area (TPSA) is 51.3 Å². The summed E-state index contributed by atoms with van der Waals surface area (Å²) in [5.74, 6) is 0.714. The maximum atomic E-state index is 12.5. The number of unbranched alkanes of at least 4 members (excludes halogenated alkanes) is 15. The van der Waals surface area contributed by atoms with E-state index in [1.54, 1.807) is 0 Å². The van der Waals surface area contributed by atoms with E-state index in [9.17, 15) is 4.79 Å². The van der Waals surface area contributed by atoms with Crippen LogP contribution >= 0.6 is 0 Å². The Kier molecular flexibility index (Phi) is 27.0. The van der Waals surface area contributed by atoms with Crippen LogP contribution in [0.2, 0.25) is 0 Å². The normalized spacial score (nSPS) is 17.8. The monoisotopic (exact) mass is 610 g/mol. The van der Waals surface area contributed by atoms with Gasteiger partial charge in [0.25, 0.3) is 0 Å². The molecule has 0 aromatic rings. The average molecular weight is 610 g/mol. The first-order valence-corrected chi connectivity index (χ1v) is 19.1. The molecule has 1 aliphatic heterocycles. The lowest BCUT2D eigenvalue weighted by molar-refractivity contribution is -0.150. The molecule has 0 bridgehead atoms. The maximum absolute atomic E-state index is 12.5. The molecule has 4 atom stereocenters. The molecule has 1 heterocycles. The highest BCUT2D eigenvalue weighted by Crippen LogP contribution is 2.30. The highest BCUT2D eigenvalue weighted by molar-refractivity contribution is 5.69. The van der Waals surface area contributed by atoms with Crippen molar-refractivity contribution in [2.75, 3.05) is 27.2 Å². The second kappa shape index (κ2) is 28.8. The third kappa shape index (κ3) is 25.3. The van der Waals surface area contributed by atoms with E-state index in [4.69, 9.17) is 14.2 Å². The summed E-state index contributed by atoms with van der Waals surface area (Å²) in [4.78, 5) is 14.6. The van der Waals surface area contributed by atoms with Gasteiger partial charge in [0.2, 0.25) is 0 Å². The van der Waals surface area contributed by atoms with Gasteiger partial charge in [-0.05, 0) is 77.9 Å². The van der Waals surface area contributed by atoms with Crippen LogP contribution < -0.4 is 0 Å². The first kappa shape index (κ1) is 40.4. The van der Waals surface area contributed by atoms with Gasteiger partial charge in [-0.3, -0.25) is 4.79 Å². The van der Waals surface area contributed by atoms with E-state index >= 15 is 0 Å². The second-order valence-corrected chi connectivity index (χ2v) is 13.9. The van der Waals surface area contributed by atoms with Crippen LogP contribution in [-0.4, -0.2) is 56.6 Å². The van der Waals surface area contributed by atoms with Crippen molar-refractivity contribution in [1.82, 2.24) is 4.90 Å². The van der Waals surface area contributed by atoms with Crippen molar-refractivity contribution in [2.45, 2.75) is 206 Å². The SMILES string of the molecule is CCCCCCCCCC(CCCCCCCCC1OC1OCC(CCCC)CCCCCC)OC(=O)CCCN(C)C. The summed E-state index contributed by atoms with van der Waals surface area (Å²) >= 11 is 0. The van der Waals surface area contributed by atoms with Gasteiger partial charge in [0.05, 0.1) is 6.61 Å². The lowest BCUT2D eigenvalue weighted by Gasteiger charge is -2.18. The van der Waals surface area contributed by atoms with Crippen LogP contribution in [0.4, 0.5) is 0 Å². The third-order valence-corrected chi connectivity index (χ3v) is 9.14. The van der Waals surface area contributed by atoms with E-state index in [2.05, 4.69) is 39.8 Å². The molecule has 0 amide bonds. The number of carbonyl (C=O) groups excluding carboxylic acids is 1. The molecule has 0 aromatic heterocycles. The molecule has 0 aliphatic carbocycles. The van der Waals surface area contributed by atoms with Crippen LogP contribution in [0.1, 0.15) is 188 Å². The van der Waals surface area contributed by atoms with Crippen LogP contribution in [0.5, 0.6) is 0 Å². The summed E-state index contributed by atoms with van der Waals surface area (Å²) < 4.78 is 18.0. The predicted octanol–water partition coefficient (Wildman–Crippen LogP) is 11.0. The molecule has 0 N–H and O–H groups in total. The molecule has 0 radical (unpaired) electrons. The van der Waals surface area contributed by atoms with Gasteiger partial charge in [-0.15, -0.1) is 0 Å². The molecule has 1 rings (SSSR count). The Balaban J connectivity index is 2.15. The number of epoxide rings is 1. The minimum atomic E-state index is 0.00262. The molecule has 1 fully saturated rings. The molecular weight excluding hydrogens is 534 g/mol. The fourth-order valence-corrected chi connectivity index (χ4v) is 6.17. The fourth-order valence-electron chi connectivity index (χ4n) is 6.17. The molecule has 256 valence electrons. The third-order valence-electron chi connectivity index (χ3n) is 9.14. The molecular formula is C38H75NO4. The first-order chi connectivity index (χ1) is 21.0. The predicted molar refractivity (Wildman–Crippen MR) is 184 cm³/mol. The van der Waals surface area contributed by atoms with Gasteiger partial charge >= 0.3 is 5.97 Å². The Labute approximate surface area is 268 Å². The molecule has 0 spiro atoms. The number of esters is 1. The standard InChI is InChI=1S/C38H75NO4/c1-6-9-12-14-15-18-22-28-35(42-37(40)31-25-32-39(4)5)29-23-19-16-17-20-24-30-36-38(43-36)41-33-34(26-11-8-3)27-21-13-10-7-2/h34-36,38H,6-33H2,1-5H3. The zero-order valence-corrected chi connectivity index (χ0v) is 29.7. The Hall–Kier alpha value is -0.650. The van der Waals surface area contributed by atoms with E-state index in [1.165, 1.54) is 135 Å². The zero-order chi connectivity index (χ0) is 31.4. The van der Waals surface area contributed by atoms with Crippen molar-refractivity contribution in [3.05, 3.63) is 0 Å². The zero-order valence-electron chi connectivity index (χ0n) is 29.7. The Bertz CT molecular complexity index is 613. The van der Waals surface area contributed by atoms with Gasteiger partial charge in [-0.1, -0.05) is 130 Å². The summed E-state index contributed by atoms with van der Waals surface area (Å²) in [5.41, 5.74) is 0. The van der Waals surface area contributed by atoms with Crippen molar-refractivity contribution in [1.29, 1.82) is 0 Å².